The molecule has 0 unspecified atom stereocenters. The molecule has 1 fully saturated rings. The van der Waals surface area contributed by atoms with Crippen molar-refractivity contribution in [2.75, 3.05) is 13.1 Å². The normalized spacial score (nSPS) is 26.4. The summed E-state index contributed by atoms with van der Waals surface area (Å²) in [6, 6.07) is 11.1. The van der Waals surface area contributed by atoms with E-state index in [0.29, 0.717) is 5.41 Å². The zero-order chi connectivity index (χ0) is 13.7. The summed E-state index contributed by atoms with van der Waals surface area (Å²) >= 11 is 0. The highest BCUT2D eigenvalue weighted by molar-refractivity contribution is 5.29. The van der Waals surface area contributed by atoms with Gasteiger partial charge in [0.15, 0.2) is 0 Å². The Hall–Kier alpha value is -0.820. The van der Waals surface area contributed by atoms with Crippen molar-refractivity contribution >= 4 is 0 Å². The number of rotatable bonds is 7. The van der Waals surface area contributed by atoms with Crippen molar-refractivity contribution in [3.05, 3.63) is 35.9 Å². The maximum atomic E-state index is 3.69. The smallest absolute Gasteiger partial charge is 0.00830 e. The van der Waals surface area contributed by atoms with Crippen LogP contribution in [0.25, 0.3) is 0 Å². The minimum absolute atomic E-state index is 0.413. The van der Waals surface area contributed by atoms with Crippen LogP contribution in [-0.4, -0.2) is 13.1 Å². The highest BCUT2D eigenvalue weighted by atomic mass is 14.9. The Kier molecular flexibility index (Phi) is 5.04. The van der Waals surface area contributed by atoms with E-state index in [0.717, 1.165) is 24.9 Å². The molecule has 0 radical (unpaired) electrons. The Labute approximate surface area is 118 Å². The minimum Gasteiger partial charge on any atom is -0.316 e. The quantitative estimate of drug-likeness (QED) is 0.766. The SMILES string of the molecule is CCCC1CC(CNCC(C)C)(c2ccccc2)C1. The second-order valence-electron chi connectivity index (χ2n) is 6.73. The Morgan fingerprint density at radius 3 is 2.47 bits per heavy atom. The van der Waals surface area contributed by atoms with Gasteiger partial charge in [-0.1, -0.05) is 63.9 Å². The maximum absolute atomic E-state index is 3.69. The predicted molar refractivity (Wildman–Crippen MR) is 83.5 cm³/mol. The molecule has 1 heteroatoms. The second kappa shape index (κ2) is 6.56. The fourth-order valence-electron chi connectivity index (χ4n) is 3.53. The van der Waals surface area contributed by atoms with Gasteiger partial charge in [-0.3, -0.25) is 0 Å². The van der Waals surface area contributed by atoms with E-state index in [1.165, 1.54) is 25.7 Å². The van der Waals surface area contributed by atoms with Crippen LogP contribution in [0.4, 0.5) is 0 Å². The van der Waals surface area contributed by atoms with Gasteiger partial charge in [0.05, 0.1) is 0 Å². The van der Waals surface area contributed by atoms with Gasteiger partial charge in [0.25, 0.3) is 0 Å². The standard InChI is InChI=1S/C18H29N/c1-4-8-16-11-18(12-16,14-19-13-15(2)3)17-9-6-5-7-10-17/h5-7,9-10,15-16,19H,4,8,11-14H2,1-3H3. The molecule has 0 heterocycles. The molecule has 1 aliphatic rings. The number of nitrogens with one attached hydrogen (secondary N) is 1. The van der Waals surface area contributed by atoms with Gasteiger partial charge in [-0.05, 0) is 36.8 Å². The molecule has 2 rings (SSSR count). The molecular weight excluding hydrogens is 230 g/mol. The Morgan fingerprint density at radius 2 is 1.89 bits per heavy atom. The fourth-order valence-corrected chi connectivity index (χ4v) is 3.53. The lowest BCUT2D eigenvalue weighted by Gasteiger charge is -2.49. The molecule has 0 spiro atoms. The van der Waals surface area contributed by atoms with E-state index >= 15 is 0 Å². The monoisotopic (exact) mass is 259 g/mol. The predicted octanol–water partition coefficient (Wildman–Crippen LogP) is 4.38. The van der Waals surface area contributed by atoms with Gasteiger partial charge in [-0.15, -0.1) is 0 Å². The summed E-state index contributed by atoms with van der Waals surface area (Å²) in [5.41, 5.74) is 1.95. The third-order valence-electron chi connectivity index (χ3n) is 4.46. The lowest BCUT2D eigenvalue weighted by atomic mass is 9.57. The van der Waals surface area contributed by atoms with Gasteiger partial charge in [0.2, 0.25) is 0 Å². The molecular formula is C18H29N. The van der Waals surface area contributed by atoms with Gasteiger partial charge in [0, 0.05) is 12.0 Å². The fraction of sp³-hybridized carbons (Fsp3) is 0.667. The van der Waals surface area contributed by atoms with Gasteiger partial charge in [-0.2, -0.15) is 0 Å². The summed E-state index contributed by atoms with van der Waals surface area (Å²) < 4.78 is 0. The first-order chi connectivity index (χ1) is 9.16. The molecule has 0 aliphatic heterocycles. The van der Waals surface area contributed by atoms with Crippen LogP contribution in [0.15, 0.2) is 30.3 Å². The van der Waals surface area contributed by atoms with E-state index in [9.17, 15) is 0 Å². The summed E-state index contributed by atoms with van der Waals surface area (Å²) in [5, 5.41) is 3.69. The van der Waals surface area contributed by atoms with Gasteiger partial charge in [-0.25, -0.2) is 0 Å². The molecule has 1 N–H and O–H groups in total. The number of benzene rings is 1. The Morgan fingerprint density at radius 1 is 1.21 bits per heavy atom. The van der Waals surface area contributed by atoms with Crippen molar-refractivity contribution in [3.63, 3.8) is 0 Å². The topological polar surface area (TPSA) is 12.0 Å². The van der Waals surface area contributed by atoms with Crippen LogP contribution >= 0.6 is 0 Å². The third kappa shape index (κ3) is 3.60. The molecule has 19 heavy (non-hydrogen) atoms. The number of hydrogen-bond acceptors (Lipinski definition) is 1. The van der Waals surface area contributed by atoms with Crippen LogP contribution in [-0.2, 0) is 5.41 Å². The largest absolute Gasteiger partial charge is 0.316 e. The van der Waals surface area contributed by atoms with E-state index in [1.54, 1.807) is 5.56 Å². The first-order valence-corrected chi connectivity index (χ1v) is 7.92. The third-order valence-corrected chi connectivity index (χ3v) is 4.46. The molecule has 1 nitrogen and oxygen atoms in total. The van der Waals surface area contributed by atoms with E-state index in [1.807, 2.05) is 0 Å². The van der Waals surface area contributed by atoms with E-state index in [2.05, 4.69) is 56.4 Å². The summed E-state index contributed by atoms with van der Waals surface area (Å²) in [4.78, 5) is 0. The van der Waals surface area contributed by atoms with Crippen LogP contribution < -0.4 is 5.32 Å². The van der Waals surface area contributed by atoms with Gasteiger partial charge in [0.1, 0.15) is 0 Å². The summed E-state index contributed by atoms with van der Waals surface area (Å²) in [7, 11) is 0. The molecule has 0 aromatic heterocycles. The van der Waals surface area contributed by atoms with Crippen LogP contribution in [0, 0.1) is 11.8 Å². The van der Waals surface area contributed by atoms with Crippen molar-refractivity contribution in [1.82, 2.24) is 5.32 Å². The lowest BCUT2D eigenvalue weighted by molar-refractivity contribution is 0.128. The zero-order valence-corrected chi connectivity index (χ0v) is 12.8. The van der Waals surface area contributed by atoms with Crippen LogP contribution in [0.3, 0.4) is 0 Å². The Bertz CT molecular complexity index is 363. The molecule has 1 aromatic rings. The van der Waals surface area contributed by atoms with E-state index < -0.39 is 0 Å². The lowest BCUT2D eigenvalue weighted by Crippen LogP contribution is -2.49. The summed E-state index contributed by atoms with van der Waals surface area (Å²) in [6.07, 6.45) is 5.47. The molecule has 0 saturated heterocycles. The van der Waals surface area contributed by atoms with Crippen molar-refractivity contribution in [2.24, 2.45) is 11.8 Å². The molecule has 0 atom stereocenters. The van der Waals surface area contributed by atoms with Crippen molar-refractivity contribution in [2.45, 2.75) is 51.9 Å². The average Bonchev–Trinajstić information content (AvgIpc) is 2.36. The van der Waals surface area contributed by atoms with Crippen LogP contribution in [0.2, 0.25) is 0 Å². The van der Waals surface area contributed by atoms with E-state index in [4.69, 9.17) is 0 Å². The first kappa shape index (κ1) is 14.6. The Balaban J connectivity index is 1.99. The van der Waals surface area contributed by atoms with Gasteiger partial charge < -0.3 is 5.32 Å². The van der Waals surface area contributed by atoms with E-state index in [-0.39, 0.29) is 0 Å². The molecule has 1 aliphatic carbocycles. The number of hydrogen-bond donors (Lipinski definition) is 1. The molecule has 106 valence electrons. The maximum Gasteiger partial charge on any atom is 0.00830 e. The van der Waals surface area contributed by atoms with Crippen LogP contribution in [0.5, 0.6) is 0 Å². The van der Waals surface area contributed by atoms with Crippen molar-refractivity contribution in [1.29, 1.82) is 0 Å². The second-order valence-corrected chi connectivity index (χ2v) is 6.73. The molecule has 0 amide bonds. The molecule has 0 bridgehead atoms. The van der Waals surface area contributed by atoms with Crippen molar-refractivity contribution < 1.29 is 0 Å². The highest BCUT2D eigenvalue weighted by Gasteiger charge is 2.44. The van der Waals surface area contributed by atoms with Crippen LogP contribution in [0.1, 0.15) is 52.0 Å². The highest BCUT2D eigenvalue weighted by Crippen LogP contribution is 2.49. The zero-order valence-electron chi connectivity index (χ0n) is 12.8. The van der Waals surface area contributed by atoms with Gasteiger partial charge >= 0.3 is 0 Å². The average molecular weight is 259 g/mol. The van der Waals surface area contributed by atoms with Crippen molar-refractivity contribution in [3.8, 4) is 0 Å². The summed E-state index contributed by atoms with van der Waals surface area (Å²) in [6.45, 7) is 9.15. The molecule has 1 saturated carbocycles. The molecule has 1 aromatic carbocycles. The summed E-state index contributed by atoms with van der Waals surface area (Å²) in [5.74, 6) is 1.69. The first-order valence-electron chi connectivity index (χ1n) is 7.92. The minimum atomic E-state index is 0.413.